The lowest BCUT2D eigenvalue weighted by Gasteiger charge is -2.13. The van der Waals surface area contributed by atoms with E-state index in [9.17, 15) is 15.3 Å². The fourth-order valence-corrected chi connectivity index (χ4v) is 2.46. The summed E-state index contributed by atoms with van der Waals surface area (Å²) >= 11 is 0. The van der Waals surface area contributed by atoms with E-state index in [1.807, 2.05) is 13.0 Å². The van der Waals surface area contributed by atoms with Gasteiger partial charge in [-0.1, -0.05) is 6.07 Å². The topological polar surface area (TPSA) is 69.9 Å². The van der Waals surface area contributed by atoms with Gasteiger partial charge in [0, 0.05) is 5.56 Å². The molecule has 2 aromatic carbocycles. The number of hydrogen-bond donors (Lipinski definition) is 3. The van der Waals surface area contributed by atoms with E-state index < -0.39 is 0 Å². The van der Waals surface area contributed by atoms with E-state index in [1.165, 1.54) is 12.1 Å². The van der Waals surface area contributed by atoms with Crippen LogP contribution in [0.5, 0.6) is 23.0 Å². The van der Waals surface area contributed by atoms with Crippen LogP contribution >= 0.6 is 0 Å². The molecular weight excluding hydrogens is 268 g/mol. The summed E-state index contributed by atoms with van der Waals surface area (Å²) in [7, 11) is 1.59. The molecule has 0 saturated heterocycles. The largest absolute Gasteiger partial charge is 0.508 e. The lowest BCUT2D eigenvalue weighted by Crippen LogP contribution is -1.97. The molecule has 0 saturated carbocycles. The second kappa shape index (κ2) is 6.39. The molecule has 2 aromatic rings. The Morgan fingerprint density at radius 1 is 0.905 bits per heavy atom. The first-order chi connectivity index (χ1) is 10.0. The predicted molar refractivity (Wildman–Crippen MR) is 81.2 cm³/mol. The molecule has 0 spiro atoms. The molecular formula is C17H20O4. The molecule has 4 heteroatoms. The van der Waals surface area contributed by atoms with Gasteiger partial charge in [-0.05, 0) is 61.6 Å². The molecule has 0 bridgehead atoms. The Labute approximate surface area is 124 Å². The van der Waals surface area contributed by atoms with Gasteiger partial charge in [-0.25, -0.2) is 0 Å². The quantitative estimate of drug-likeness (QED) is 0.738. The molecule has 0 aliphatic carbocycles. The van der Waals surface area contributed by atoms with Gasteiger partial charge < -0.3 is 20.1 Å². The first-order valence-corrected chi connectivity index (χ1v) is 6.89. The third-order valence-electron chi connectivity index (χ3n) is 3.62. The smallest absolute Gasteiger partial charge is 0.128 e. The summed E-state index contributed by atoms with van der Waals surface area (Å²) in [6.07, 6.45) is 2.22. The zero-order valence-electron chi connectivity index (χ0n) is 12.3. The molecule has 0 unspecified atom stereocenters. The molecule has 112 valence electrons. The monoisotopic (exact) mass is 288 g/mol. The van der Waals surface area contributed by atoms with Gasteiger partial charge in [-0.15, -0.1) is 0 Å². The molecule has 2 rings (SSSR count). The van der Waals surface area contributed by atoms with Crippen LogP contribution in [0.4, 0.5) is 0 Å². The van der Waals surface area contributed by atoms with Gasteiger partial charge in [-0.2, -0.15) is 0 Å². The molecule has 0 aliphatic heterocycles. The van der Waals surface area contributed by atoms with Crippen molar-refractivity contribution >= 4 is 0 Å². The second-order valence-corrected chi connectivity index (χ2v) is 5.07. The van der Waals surface area contributed by atoms with Crippen LogP contribution in [0.1, 0.15) is 23.1 Å². The number of methoxy groups -OCH3 is 1. The number of phenols is 3. The van der Waals surface area contributed by atoms with E-state index in [0.29, 0.717) is 12.2 Å². The zero-order valence-corrected chi connectivity index (χ0v) is 12.3. The maximum Gasteiger partial charge on any atom is 0.128 e. The Kier molecular flexibility index (Phi) is 4.58. The molecule has 4 nitrogen and oxygen atoms in total. The predicted octanol–water partition coefficient (Wildman–Crippen LogP) is 3.30. The van der Waals surface area contributed by atoms with Crippen LogP contribution in [0.15, 0.2) is 30.3 Å². The van der Waals surface area contributed by atoms with E-state index in [1.54, 1.807) is 19.2 Å². The highest BCUT2D eigenvalue weighted by Gasteiger charge is 2.10. The molecule has 0 radical (unpaired) electrons. The Morgan fingerprint density at radius 2 is 1.57 bits per heavy atom. The van der Waals surface area contributed by atoms with Crippen molar-refractivity contribution in [1.29, 1.82) is 0 Å². The van der Waals surface area contributed by atoms with E-state index >= 15 is 0 Å². The van der Waals surface area contributed by atoms with E-state index in [0.717, 1.165) is 29.5 Å². The average Bonchev–Trinajstić information content (AvgIpc) is 2.46. The normalized spacial score (nSPS) is 10.6. The van der Waals surface area contributed by atoms with Crippen LogP contribution in [0.2, 0.25) is 0 Å². The average molecular weight is 288 g/mol. The first-order valence-electron chi connectivity index (χ1n) is 6.89. The number of phenolic OH excluding ortho intramolecular Hbond substituents is 3. The lowest BCUT2D eigenvalue weighted by atomic mass is 10.0. The van der Waals surface area contributed by atoms with Crippen LogP contribution < -0.4 is 4.74 Å². The van der Waals surface area contributed by atoms with Gasteiger partial charge in [0.1, 0.15) is 23.0 Å². The van der Waals surface area contributed by atoms with E-state index in [2.05, 4.69) is 0 Å². The Hall–Kier alpha value is -2.36. The van der Waals surface area contributed by atoms with E-state index in [-0.39, 0.29) is 17.2 Å². The van der Waals surface area contributed by atoms with Gasteiger partial charge in [0.15, 0.2) is 0 Å². The van der Waals surface area contributed by atoms with Gasteiger partial charge in [0.2, 0.25) is 0 Å². The molecule has 0 fully saturated rings. The molecule has 0 atom stereocenters. The first kappa shape index (κ1) is 15.0. The van der Waals surface area contributed by atoms with Crippen LogP contribution in [-0.2, 0) is 12.8 Å². The second-order valence-electron chi connectivity index (χ2n) is 5.07. The van der Waals surface area contributed by atoms with Gasteiger partial charge in [0.25, 0.3) is 0 Å². The lowest BCUT2D eigenvalue weighted by molar-refractivity contribution is 0.397. The number of ether oxygens (including phenoxy) is 1. The minimum Gasteiger partial charge on any atom is -0.508 e. The summed E-state index contributed by atoms with van der Waals surface area (Å²) < 4.78 is 5.35. The summed E-state index contributed by atoms with van der Waals surface area (Å²) in [5.41, 5.74) is 2.48. The highest BCUT2D eigenvalue weighted by atomic mass is 16.5. The molecule has 0 heterocycles. The molecule has 0 aromatic heterocycles. The summed E-state index contributed by atoms with van der Waals surface area (Å²) in [5.74, 6) is 1.28. The summed E-state index contributed by atoms with van der Waals surface area (Å²) in [4.78, 5) is 0. The maximum atomic E-state index is 9.74. The molecule has 0 amide bonds. The minimum atomic E-state index is 0.154. The third-order valence-corrected chi connectivity index (χ3v) is 3.62. The fraction of sp³-hybridized carbons (Fsp3) is 0.294. The van der Waals surface area contributed by atoms with Crippen molar-refractivity contribution in [3.8, 4) is 23.0 Å². The van der Waals surface area contributed by atoms with Crippen LogP contribution in [0.3, 0.4) is 0 Å². The van der Waals surface area contributed by atoms with Crippen LogP contribution in [0, 0.1) is 6.92 Å². The molecule has 21 heavy (non-hydrogen) atoms. The Morgan fingerprint density at radius 3 is 2.29 bits per heavy atom. The minimum absolute atomic E-state index is 0.154. The van der Waals surface area contributed by atoms with Gasteiger partial charge >= 0.3 is 0 Å². The SMILES string of the molecule is COc1c(CCCc2cc(O)ccc2O)ccc(O)c1C. The highest BCUT2D eigenvalue weighted by Crippen LogP contribution is 2.32. The van der Waals surface area contributed by atoms with Crippen molar-refractivity contribution in [3.05, 3.63) is 47.0 Å². The molecule has 0 aliphatic rings. The van der Waals surface area contributed by atoms with Gasteiger partial charge in [-0.3, -0.25) is 0 Å². The fourth-order valence-electron chi connectivity index (χ4n) is 2.46. The highest BCUT2D eigenvalue weighted by molar-refractivity contribution is 5.48. The summed E-state index contributed by atoms with van der Waals surface area (Å²) in [5, 5.41) is 28.9. The van der Waals surface area contributed by atoms with Crippen LogP contribution in [0.25, 0.3) is 0 Å². The van der Waals surface area contributed by atoms with Crippen molar-refractivity contribution < 1.29 is 20.1 Å². The summed E-state index contributed by atoms with van der Waals surface area (Å²) in [6.45, 7) is 1.82. The van der Waals surface area contributed by atoms with Gasteiger partial charge in [0.05, 0.1) is 7.11 Å². The zero-order chi connectivity index (χ0) is 15.4. The number of benzene rings is 2. The van der Waals surface area contributed by atoms with E-state index in [4.69, 9.17) is 4.74 Å². The number of rotatable bonds is 5. The number of aryl methyl sites for hydroxylation is 2. The van der Waals surface area contributed by atoms with Crippen molar-refractivity contribution in [1.82, 2.24) is 0 Å². The van der Waals surface area contributed by atoms with Crippen LogP contribution in [-0.4, -0.2) is 22.4 Å². The van der Waals surface area contributed by atoms with Crippen molar-refractivity contribution in [2.24, 2.45) is 0 Å². The molecule has 3 N–H and O–H groups in total. The van der Waals surface area contributed by atoms with Crippen molar-refractivity contribution in [3.63, 3.8) is 0 Å². The van der Waals surface area contributed by atoms with Crippen molar-refractivity contribution in [2.75, 3.05) is 7.11 Å². The Bertz CT molecular complexity index is 635. The number of aromatic hydroxyl groups is 3. The van der Waals surface area contributed by atoms with Crippen molar-refractivity contribution in [2.45, 2.75) is 26.2 Å². The Balaban J connectivity index is 2.07. The number of hydrogen-bond acceptors (Lipinski definition) is 4. The third kappa shape index (κ3) is 3.40. The maximum absolute atomic E-state index is 9.74. The summed E-state index contributed by atoms with van der Waals surface area (Å²) in [6, 6.07) is 8.05. The standard InChI is InChI=1S/C17H20O4/c1-11-15(19)8-6-12(17(11)21-2)4-3-5-13-10-14(18)7-9-16(13)20/h6-10,18-20H,3-5H2,1-2H3.